The van der Waals surface area contributed by atoms with E-state index in [2.05, 4.69) is 4.98 Å². The van der Waals surface area contributed by atoms with Gasteiger partial charge < -0.3 is 29.4 Å². The van der Waals surface area contributed by atoms with Gasteiger partial charge in [0.15, 0.2) is 12.0 Å². The van der Waals surface area contributed by atoms with Crippen LogP contribution in [0.1, 0.15) is 24.8 Å². The van der Waals surface area contributed by atoms with Crippen molar-refractivity contribution in [3.8, 4) is 17.1 Å². The Kier molecular flexibility index (Phi) is 5.76. The summed E-state index contributed by atoms with van der Waals surface area (Å²) in [6.07, 6.45) is 2.43. The molecule has 0 spiro atoms. The summed E-state index contributed by atoms with van der Waals surface area (Å²) in [4.78, 5) is 19.2. The highest BCUT2D eigenvalue weighted by atomic mass is 35.5. The molecule has 35 heavy (non-hydrogen) atoms. The Bertz CT molecular complexity index is 1300. The van der Waals surface area contributed by atoms with Gasteiger partial charge in [-0.25, -0.2) is 4.98 Å². The molecule has 3 aliphatic rings. The average molecular weight is 497 g/mol. The summed E-state index contributed by atoms with van der Waals surface area (Å²) in [7, 11) is 0. The molecule has 6 rings (SSSR count). The maximum absolute atomic E-state index is 11.2. The molecule has 182 valence electrons. The predicted octanol–water partition coefficient (Wildman–Crippen LogP) is 4.06. The first-order valence-electron chi connectivity index (χ1n) is 11.8. The van der Waals surface area contributed by atoms with E-state index in [0.717, 1.165) is 28.6 Å². The predicted molar refractivity (Wildman–Crippen MR) is 129 cm³/mol. The van der Waals surface area contributed by atoms with Crippen LogP contribution >= 0.6 is 11.6 Å². The Labute approximate surface area is 206 Å². The van der Waals surface area contributed by atoms with E-state index in [9.17, 15) is 15.0 Å². The number of benzene rings is 1. The Morgan fingerprint density at radius 2 is 1.89 bits per heavy atom. The molecule has 9 heteroatoms. The van der Waals surface area contributed by atoms with Crippen molar-refractivity contribution in [2.24, 2.45) is 5.92 Å². The Balaban J connectivity index is 1.21. The molecule has 2 aliphatic heterocycles. The van der Waals surface area contributed by atoms with Gasteiger partial charge in [0.1, 0.15) is 18.3 Å². The third-order valence-electron chi connectivity index (χ3n) is 7.08. The van der Waals surface area contributed by atoms with Crippen LogP contribution in [0.25, 0.3) is 27.9 Å². The van der Waals surface area contributed by atoms with Crippen molar-refractivity contribution < 1.29 is 29.2 Å². The number of nitrogens with one attached hydrogen (secondary N) is 1. The SMILES string of the molecule is O=C(O)C1CC=C(c2ccc(-c3nc4cc(O[C@@H]5CO[C@H]6[C@@H]5OC[C@H]6O)[nH]c4cc3Cl)cc2)CC1. The van der Waals surface area contributed by atoms with Gasteiger partial charge in [0.2, 0.25) is 0 Å². The number of aromatic amines is 1. The zero-order chi connectivity index (χ0) is 24.1. The van der Waals surface area contributed by atoms with Crippen LogP contribution in [-0.4, -0.2) is 63.8 Å². The first-order chi connectivity index (χ1) is 17.0. The lowest BCUT2D eigenvalue weighted by atomic mass is 9.86. The Hall–Kier alpha value is -2.91. The van der Waals surface area contributed by atoms with Gasteiger partial charge in [-0.1, -0.05) is 41.9 Å². The maximum atomic E-state index is 11.2. The number of carbonyl (C=O) groups is 1. The van der Waals surface area contributed by atoms with Crippen LogP contribution in [-0.2, 0) is 14.3 Å². The largest absolute Gasteiger partial charge is 0.481 e. The van der Waals surface area contributed by atoms with Gasteiger partial charge in [-0.05, 0) is 36.5 Å². The van der Waals surface area contributed by atoms with Crippen LogP contribution < -0.4 is 4.74 Å². The molecule has 4 heterocycles. The molecule has 3 N–H and O–H groups in total. The number of pyridine rings is 1. The maximum Gasteiger partial charge on any atom is 0.306 e. The zero-order valence-electron chi connectivity index (χ0n) is 18.8. The molecule has 2 fully saturated rings. The van der Waals surface area contributed by atoms with Crippen LogP contribution in [0.4, 0.5) is 0 Å². The number of ether oxygens (including phenoxy) is 3. The quantitative estimate of drug-likeness (QED) is 0.488. The van der Waals surface area contributed by atoms with E-state index in [1.54, 1.807) is 0 Å². The smallest absolute Gasteiger partial charge is 0.306 e. The number of carboxylic acid groups (broad SMARTS) is 1. The van der Waals surface area contributed by atoms with Crippen molar-refractivity contribution in [3.63, 3.8) is 0 Å². The van der Waals surface area contributed by atoms with Gasteiger partial charge in [0.05, 0.1) is 40.9 Å². The van der Waals surface area contributed by atoms with E-state index in [1.165, 1.54) is 5.57 Å². The molecule has 0 amide bonds. The number of fused-ring (bicyclic) bond motifs is 2. The van der Waals surface area contributed by atoms with Crippen molar-refractivity contribution in [2.45, 2.75) is 43.7 Å². The lowest BCUT2D eigenvalue weighted by Crippen LogP contribution is -2.34. The normalized spacial score (nSPS) is 28.2. The summed E-state index contributed by atoms with van der Waals surface area (Å²) in [5.41, 5.74) is 5.31. The second-order valence-electron chi connectivity index (χ2n) is 9.32. The highest BCUT2D eigenvalue weighted by Crippen LogP contribution is 2.35. The minimum absolute atomic E-state index is 0.251. The van der Waals surface area contributed by atoms with Crippen LogP contribution in [0.15, 0.2) is 42.5 Å². The average Bonchev–Trinajstić information content (AvgIpc) is 3.55. The number of carboxylic acids is 1. The fraction of sp³-hybridized carbons (Fsp3) is 0.385. The van der Waals surface area contributed by atoms with Crippen LogP contribution in [0, 0.1) is 5.92 Å². The number of hydrogen-bond acceptors (Lipinski definition) is 6. The van der Waals surface area contributed by atoms with Crippen molar-refractivity contribution in [1.29, 1.82) is 0 Å². The monoisotopic (exact) mass is 496 g/mol. The number of aromatic nitrogens is 2. The van der Waals surface area contributed by atoms with E-state index in [4.69, 9.17) is 30.8 Å². The Morgan fingerprint density at radius 3 is 2.63 bits per heavy atom. The Morgan fingerprint density at radius 1 is 1.11 bits per heavy atom. The number of aliphatic carboxylic acids is 1. The molecular weight excluding hydrogens is 472 g/mol. The number of rotatable bonds is 5. The summed E-state index contributed by atoms with van der Waals surface area (Å²) in [5, 5.41) is 19.6. The molecule has 1 aromatic carbocycles. The second-order valence-corrected chi connectivity index (χ2v) is 9.73. The molecule has 0 bridgehead atoms. The van der Waals surface area contributed by atoms with Crippen LogP contribution in [0.3, 0.4) is 0 Å². The van der Waals surface area contributed by atoms with Crippen LogP contribution in [0.2, 0.25) is 5.02 Å². The van der Waals surface area contributed by atoms with Gasteiger partial charge in [-0.3, -0.25) is 4.79 Å². The number of aliphatic hydroxyl groups is 1. The molecular formula is C26H25ClN2O6. The molecule has 3 aromatic rings. The lowest BCUT2D eigenvalue weighted by molar-refractivity contribution is -0.141. The third-order valence-corrected chi connectivity index (χ3v) is 7.37. The van der Waals surface area contributed by atoms with Gasteiger partial charge in [-0.2, -0.15) is 0 Å². The molecule has 2 aromatic heterocycles. The van der Waals surface area contributed by atoms with Gasteiger partial charge in [-0.15, -0.1) is 0 Å². The molecule has 0 saturated carbocycles. The third kappa shape index (κ3) is 4.21. The molecule has 1 aliphatic carbocycles. The lowest BCUT2D eigenvalue weighted by Gasteiger charge is -2.19. The standard InChI is InChI=1S/C26H25ClN2O6/c27-17-9-18-19(10-22(28-18)35-21-12-34-24-20(30)11-33-25(21)24)29-23(17)15-5-1-13(2-6-15)14-3-7-16(8-4-14)26(31)32/h1-3,5-6,9-10,16,20-21,24-25,28,30H,4,7-8,11-12H2,(H,31,32)/t16?,20-,21-,24-,25-/m1/s1. The number of hydrogen-bond donors (Lipinski definition) is 3. The van der Waals surface area contributed by atoms with Gasteiger partial charge >= 0.3 is 5.97 Å². The summed E-state index contributed by atoms with van der Waals surface area (Å²) < 4.78 is 17.3. The number of aliphatic hydroxyl groups excluding tert-OH is 1. The first-order valence-corrected chi connectivity index (χ1v) is 12.1. The number of allylic oxidation sites excluding steroid dienone is 2. The van der Waals surface area contributed by atoms with Crippen molar-refractivity contribution >= 4 is 34.2 Å². The van der Waals surface area contributed by atoms with Crippen LogP contribution in [0.5, 0.6) is 5.88 Å². The fourth-order valence-corrected chi connectivity index (χ4v) is 5.40. The minimum Gasteiger partial charge on any atom is -0.481 e. The molecule has 8 nitrogen and oxygen atoms in total. The van der Waals surface area contributed by atoms with E-state index < -0.39 is 12.1 Å². The van der Waals surface area contributed by atoms with Gasteiger partial charge in [0, 0.05) is 11.6 Å². The van der Waals surface area contributed by atoms with Crippen molar-refractivity contribution in [2.75, 3.05) is 13.2 Å². The highest BCUT2D eigenvalue weighted by Gasteiger charge is 2.48. The number of halogens is 1. The fourth-order valence-electron chi connectivity index (χ4n) is 5.14. The molecule has 0 radical (unpaired) electrons. The first kappa shape index (κ1) is 22.5. The molecule has 1 unspecified atom stereocenters. The van der Waals surface area contributed by atoms with E-state index in [-0.39, 0.29) is 30.8 Å². The minimum atomic E-state index is -0.725. The topological polar surface area (TPSA) is 114 Å². The number of nitrogens with zero attached hydrogens (tertiary/aromatic N) is 1. The van der Waals surface area contributed by atoms with Crippen molar-refractivity contribution in [3.05, 3.63) is 53.1 Å². The zero-order valence-corrected chi connectivity index (χ0v) is 19.6. The molecule has 2 saturated heterocycles. The summed E-state index contributed by atoms with van der Waals surface area (Å²) in [6, 6.07) is 11.7. The van der Waals surface area contributed by atoms with E-state index >= 15 is 0 Å². The molecule has 5 atom stereocenters. The second kappa shape index (κ2) is 8.95. The summed E-state index contributed by atoms with van der Waals surface area (Å²) >= 11 is 6.58. The van der Waals surface area contributed by atoms with Crippen molar-refractivity contribution in [1.82, 2.24) is 9.97 Å². The number of H-pyrrole nitrogens is 1. The summed E-state index contributed by atoms with van der Waals surface area (Å²) in [5.74, 6) is -0.474. The summed E-state index contributed by atoms with van der Waals surface area (Å²) in [6.45, 7) is 0.599. The van der Waals surface area contributed by atoms with E-state index in [1.807, 2.05) is 42.5 Å². The van der Waals surface area contributed by atoms with Gasteiger partial charge in [0.25, 0.3) is 0 Å². The van der Waals surface area contributed by atoms with E-state index in [0.29, 0.717) is 36.0 Å². The highest BCUT2D eigenvalue weighted by molar-refractivity contribution is 6.33.